The van der Waals surface area contributed by atoms with Gasteiger partial charge in [-0.15, -0.1) is 11.3 Å². The first-order chi connectivity index (χ1) is 29.1. The lowest BCUT2D eigenvalue weighted by Crippen LogP contribution is -2.58. The van der Waals surface area contributed by atoms with E-state index in [1.54, 1.807) is 11.0 Å². The second-order valence-corrected chi connectivity index (χ2v) is 19.5. The number of hydrogen-bond acceptors (Lipinski definition) is 14. The summed E-state index contributed by atoms with van der Waals surface area (Å²) in [5.74, 6) is 1.73. The van der Waals surface area contributed by atoms with Crippen molar-refractivity contribution in [1.29, 1.82) is 0 Å². The number of aromatic nitrogens is 2. The van der Waals surface area contributed by atoms with Crippen molar-refractivity contribution in [2.45, 2.75) is 122 Å². The van der Waals surface area contributed by atoms with Gasteiger partial charge in [-0.05, 0) is 74.8 Å². The van der Waals surface area contributed by atoms with Crippen molar-refractivity contribution in [2.24, 2.45) is 23.2 Å². The van der Waals surface area contributed by atoms with Gasteiger partial charge in [-0.3, -0.25) is 14.9 Å². The molecule has 1 aromatic carbocycles. The lowest BCUT2D eigenvalue weighted by molar-refractivity contribution is -0.145. The summed E-state index contributed by atoms with van der Waals surface area (Å²) in [5, 5.41) is 13.4. The van der Waals surface area contributed by atoms with Crippen LogP contribution in [0.15, 0.2) is 23.6 Å². The molecule has 3 heterocycles. The zero-order chi connectivity index (χ0) is 43.8. The van der Waals surface area contributed by atoms with Crippen molar-refractivity contribution in [2.75, 3.05) is 46.3 Å². The molecule has 7 rings (SSSR count). The number of carbonyl (C=O) groups is 3. The molecule has 0 spiro atoms. The molecular formula is C44H61ClN6O9S. The number of nitrogens with zero attached hydrogens (tertiary/aromatic N) is 3. The summed E-state index contributed by atoms with van der Waals surface area (Å²) in [5.41, 5.74) is 0.149. The van der Waals surface area contributed by atoms with Crippen LogP contribution in [0.1, 0.15) is 80.1 Å². The number of halogens is 1. The zero-order valence-corrected chi connectivity index (χ0v) is 38.2. The van der Waals surface area contributed by atoms with Crippen LogP contribution in [0.2, 0.25) is 5.02 Å². The lowest BCUT2D eigenvalue weighted by atomic mass is 9.85. The molecule has 2 aromatic heterocycles. The second kappa shape index (κ2) is 18.4. The number of rotatable bonds is 18. The summed E-state index contributed by atoms with van der Waals surface area (Å²) in [7, 11) is 4.46. The van der Waals surface area contributed by atoms with Gasteiger partial charge in [-0.1, -0.05) is 45.7 Å². The van der Waals surface area contributed by atoms with Gasteiger partial charge in [0.25, 0.3) is 0 Å². The first kappa shape index (κ1) is 45.1. The van der Waals surface area contributed by atoms with Gasteiger partial charge < -0.3 is 44.0 Å². The van der Waals surface area contributed by atoms with E-state index in [0.29, 0.717) is 65.0 Å². The van der Waals surface area contributed by atoms with Crippen LogP contribution < -0.4 is 25.4 Å². The zero-order valence-electron chi connectivity index (χ0n) is 36.7. The molecule has 3 aromatic rings. The number of anilines is 1. The highest BCUT2D eigenvalue weighted by Crippen LogP contribution is 2.52. The minimum atomic E-state index is -0.893. The number of esters is 1. The number of nitrogens with one attached hydrogen (secondary N) is 3. The molecule has 1 aliphatic heterocycles. The number of amides is 2. The Bertz CT molecular complexity index is 2070. The number of methoxy groups -OCH3 is 3. The van der Waals surface area contributed by atoms with E-state index in [-0.39, 0.29) is 48.1 Å². The fourth-order valence-electron chi connectivity index (χ4n) is 8.96. The van der Waals surface area contributed by atoms with Crippen LogP contribution in [0, 0.1) is 23.2 Å². The quantitative estimate of drug-likeness (QED) is 0.0878. The molecule has 0 radical (unpaired) electrons. The molecule has 4 fully saturated rings. The van der Waals surface area contributed by atoms with E-state index in [1.165, 1.54) is 39.1 Å². The summed E-state index contributed by atoms with van der Waals surface area (Å²) in [6.07, 6.45) is 3.03. The van der Waals surface area contributed by atoms with Crippen LogP contribution >= 0.6 is 22.9 Å². The average Bonchev–Trinajstić information content (AvgIpc) is 3.92. The maximum absolute atomic E-state index is 14.9. The summed E-state index contributed by atoms with van der Waals surface area (Å²) in [6.45, 7) is 12.6. The summed E-state index contributed by atoms with van der Waals surface area (Å²) < 4.78 is 34.7. The molecule has 17 heteroatoms. The highest BCUT2D eigenvalue weighted by Gasteiger charge is 2.60. The topological polar surface area (TPSA) is 172 Å². The van der Waals surface area contributed by atoms with Crippen molar-refractivity contribution < 1.29 is 42.8 Å². The Kier molecular flexibility index (Phi) is 13.6. The Morgan fingerprint density at radius 2 is 1.74 bits per heavy atom. The van der Waals surface area contributed by atoms with E-state index >= 15 is 0 Å². The molecular weight excluding hydrogens is 824 g/mol. The number of hydrogen-bond donors (Lipinski definition) is 3. The van der Waals surface area contributed by atoms with Gasteiger partial charge in [-0.25, -0.2) is 14.8 Å². The number of alkyl carbamates (subject to hydrolysis) is 1. The number of likely N-dealkylation sites (tertiary alicyclic amines) is 1. The third kappa shape index (κ3) is 9.98. The van der Waals surface area contributed by atoms with Gasteiger partial charge in [0.15, 0.2) is 11.4 Å². The second-order valence-electron chi connectivity index (χ2n) is 18.3. The normalized spacial score (nSPS) is 26.0. The maximum atomic E-state index is 14.9. The standard InChI is InChI=1S/C44H61ClN6O9S/c1-10-26-18-44(26,40(53)57-9)46-19-27-16-29(20-51(27)39(52)38(43(4,5)6)50-42(54)60-28-14-24-13-25(24)15-28)59-34-17-31(32-22-61-41(49-32)47-23(2)3)48-37-30(34)11-12-33(36(37)45)58-21-35(55-7)56-8/h11-12,17,22-29,35,38,46H,10,13-16,18-21H2,1-9H3,(H,47,49)(H,50,54)/t24-,25+,26-,27+,28?,29-,38-,44-/m1/s1. The third-order valence-corrected chi connectivity index (χ3v) is 13.7. The third-order valence-electron chi connectivity index (χ3n) is 12.5. The van der Waals surface area contributed by atoms with E-state index in [4.69, 9.17) is 50.0 Å². The van der Waals surface area contributed by atoms with Crippen molar-refractivity contribution in [3.8, 4) is 22.9 Å². The van der Waals surface area contributed by atoms with Crippen LogP contribution in [0.3, 0.4) is 0 Å². The van der Waals surface area contributed by atoms with Crippen LogP contribution in [0.4, 0.5) is 9.93 Å². The number of thiazole rings is 1. The molecule has 3 aliphatic carbocycles. The van der Waals surface area contributed by atoms with Gasteiger partial charge in [0.1, 0.15) is 52.6 Å². The minimum absolute atomic E-state index is 0.0961. The highest BCUT2D eigenvalue weighted by atomic mass is 35.5. The Labute approximate surface area is 367 Å². The average molecular weight is 886 g/mol. The summed E-state index contributed by atoms with van der Waals surface area (Å²) >= 11 is 8.53. The number of fused-ring (bicyclic) bond motifs is 2. The number of ether oxygens (including phenoxy) is 6. The van der Waals surface area contributed by atoms with Crippen LogP contribution in [-0.2, 0) is 28.5 Å². The molecule has 2 amide bonds. The summed E-state index contributed by atoms with van der Waals surface area (Å²) in [6, 6.07) is 4.35. The Balaban J connectivity index is 1.19. The van der Waals surface area contributed by atoms with E-state index in [2.05, 4.69) is 22.9 Å². The largest absolute Gasteiger partial charge is 0.488 e. The van der Waals surface area contributed by atoms with Gasteiger partial charge >= 0.3 is 12.1 Å². The lowest BCUT2D eigenvalue weighted by Gasteiger charge is -2.36. The van der Waals surface area contributed by atoms with Gasteiger partial charge in [0, 0.05) is 56.1 Å². The monoisotopic (exact) mass is 884 g/mol. The molecule has 0 bridgehead atoms. The molecule has 3 saturated carbocycles. The first-order valence-corrected chi connectivity index (χ1v) is 22.6. The minimum Gasteiger partial charge on any atom is -0.488 e. The van der Waals surface area contributed by atoms with Crippen molar-refractivity contribution in [3.63, 3.8) is 0 Å². The molecule has 8 atom stereocenters. The van der Waals surface area contributed by atoms with Gasteiger partial charge in [-0.2, -0.15) is 0 Å². The smallest absolute Gasteiger partial charge is 0.408 e. The fourth-order valence-corrected chi connectivity index (χ4v) is 10.1. The molecule has 4 aliphatic rings. The Morgan fingerprint density at radius 3 is 2.38 bits per heavy atom. The van der Waals surface area contributed by atoms with Gasteiger partial charge in [0.05, 0.1) is 24.9 Å². The number of benzene rings is 1. The molecule has 334 valence electrons. The van der Waals surface area contributed by atoms with E-state index in [9.17, 15) is 14.4 Å². The molecule has 1 unspecified atom stereocenters. The Hall–Kier alpha value is -3.96. The van der Waals surface area contributed by atoms with Gasteiger partial charge in [0.2, 0.25) is 5.91 Å². The molecule has 1 saturated heterocycles. The molecule has 3 N–H and O–H groups in total. The molecule has 61 heavy (non-hydrogen) atoms. The van der Waals surface area contributed by atoms with E-state index in [1.807, 2.05) is 52.1 Å². The highest BCUT2D eigenvalue weighted by molar-refractivity contribution is 7.14. The molecule has 15 nitrogen and oxygen atoms in total. The fraction of sp³-hybridized carbons (Fsp3) is 0.659. The summed E-state index contributed by atoms with van der Waals surface area (Å²) in [4.78, 5) is 52.9. The van der Waals surface area contributed by atoms with Crippen molar-refractivity contribution >= 4 is 56.9 Å². The predicted molar refractivity (Wildman–Crippen MR) is 233 cm³/mol. The van der Waals surface area contributed by atoms with E-state index in [0.717, 1.165) is 24.4 Å². The van der Waals surface area contributed by atoms with Crippen molar-refractivity contribution in [1.82, 2.24) is 25.5 Å². The van der Waals surface area contributed by atoms with Crippen LogP contribution in [0.25, 0.3) is 22.3 Å². The van der Waals surface area contributed by atoms with Crippen LogP contribution in [-0.4, -0.2) is 116 Å². The Morgan fingerprint density at radius 1 is 1.00 bits per heavy atom. The maximum Gasteiger partial charge on any atom is 0.408 e. The van der Waals surface area contributed by atoms with Crippen LogP contribution in [0.5, 0.6) is 11.5 Å². The number of pyridine rings is 1. The SMILES string of the molecule is CC[C@@H]1C[C@]1(NC[C@@H]1C[C@@H](Oc2cc(-c3csc(NC(C)C)n3)nc3c(Cl)c(OCC(OC)OC)ccc23)CN1C(=O)[C@@H](NC(=O)OC1C[C@@H]2C[C@@H]2C1)C(C)(C)C)C(=O)OC. The van der Waals surface area contributed by atoms with Crippen molar-refractivity contribution in [3.05, 3.63) is 28.6 Å². The predicted octanol–water partition coefficient (Wildman–Crippen LogP) is 7.05. The first-order valence-electron chi connectivity index (χ1n) is 21.4. The number of carbonyl (C=O) groups excluding carboxylic acids is 3. The van der Waals surface area contributed by atoms with E-state index < -0.39 is 41.5 Å².